The van der Waals surface area contributed by atoms with Crippen molar-refractivity contribution in [3.8, 4) is 5.19 Å². The number of hydrogen-bond acceptors (Lipinski definition) is 5. The zero-order chi connectivity index (χ0) is 14.8. The van der Waals surface area contributed by atoms with Gasteiger partial charge in [0.15, 0.2) is 0 Å². The maximum absolute atomic E-state index is 12.1. The lowest BCUT2D eigenvalue weighted by Crippen LogP contribution is -2.38. The molecule has 0 radical (unpaired) electrons. The van der Waals surface area contributed by atoms with Crippen LogP contribution in [0.5, 0.6) is 5.19 Å². The van der Waals surface area contributed by atoms with Crippen molar-refractivity contribution in [1.29, 1.82) is 0 Å². The van der Waals surface area contributed by atoms with Crippen LogP contribution in [0.3, 0.4) is 0 Å². The van der Waals surface area contributed by atoms with Gasteiger partial charge in [-0.3, -0.25) is 0 Å². The molecule has 112 valence electrons. The van der Waals surface area contributed by atoms with Crippen molar-refractivity contribution >= 4 is 17.4 Å². The number of rotatable bonds is 2. The summed E-state index contributed by atoms with van der Waals surface area (Å²) in [6.07, 6.45) is 1.34. The van der Waals surface area contributed by atoms with Gasteiger partial charge in [-0.15, -0.1) is 0 Å². The Morgan fingerprint density at radius 1 is 1.35 bits per heavy atom. The van der Waals surface area contributed by atoms with E-state index >= 15 is 0 Å². The van der Waals surface area contributed by atoms with E-state index < -0.39 is 5.60 Å². The van der Waals surface area contributed by atoms with E-state index in [0.29, 0.717) is 19.7 Å². The van der Waals surface area contributed by atoms with Crippen LogP contribution >= 0.6 is 11.3 Å². The van der Waals surface area contributed by atoms with E-state index in [4.69, 9.17) is 9.47 Å². The summed E-state index contributed by atoms with van der Waals surface area (Å²) in [6.45, 7) is 9.57. The molecule has 0 N–H and O–H groups in total. The predicted molar refractivity (Wildman–Crippen MR) is 78.5 cm³/mol. The summed E-state index contributed by atoms with van der Waals surface area (Å²) in [4.78, 5) is 19.5. The van der Waals surface area contributed by atoms with Gasteiger partial charge in [-0.25, -0.2) is 9.78 Å². The fraction of sp³-hybridized carbons (Fsp3) is 0.714. The van der Waals surface area contributed by atoms with Crippen LogP contribution in [0.15, 0.2) is 0 Å². The quantitative estimate of drug-likeness (QED) is 0.842. The van der Waals surface area contributed by atoms with Crippen LogP contribution in [0.4, 0.5) is 4.79 Å². The fourth-order valence-corrected chi connectivity index (χ4v) is 3.04. The highest BCUT2D eigenvalue weighted by Crippen LogP contribution is 2.28. The number of amides is 1. The summed E-state index contributed by atoms with van der Waals surface area (Å²) >= 11 is 1.59. The summed E-state index contributed by atoms with van der Waals surface area (Å²) in [5, 5.41) is 0.739. The normalized spacial score (nSPS) is 15.5. The summed E-state index contributed by atoms with van der Waals surface area (Å²) in [5.74, 6) is 0. The largest absolute Gasteiger partial charge is 0.470 e. The molecule has 0 atom stereocenters. The molecule has 0 saturated heterocycles. The van der Waals surface area contributed by atoms with Crippen LogP contribution in [0.1, 0.15) is 38.3 Å². The second-order valence-electron chi connectivity index (χ2n) is 5.75. The van der Waals surface area contributed by atoms with Crippen molar-refractivity contribution in [2.75, 3.05) is 19.7 Å². The minimum absolute atomic E-state index is 0.238. The standard InChI is InChI=1S/C14H22N2O3S/c1-5-18-12-15-10-6-8-16(9-7-11(10)20-12)13(17)19-14(2,3)4/h5-9H2,1-4H3. The van der Waals surface area contributed by atoms with Crippen molar-refractivity contribution in [3.63, 3.8) is 0 Å². The van der Waals surface area contributed by atoms with Crippen LogP contribution in [-0.4, -0.2) is 41.3 Å². The Bertz CT molecular complexity index is 454. The molecule has 1 aliphatic rings. The average molecular weight is 298 g/mol. The van der Waals surface area contributed by atoms with Crippen molar-refractivity contribution < 1.29 is 14.3 Å². The molecular formula is C14H22N2O3S. The van der Waals surface area contributed by atoms with Crippen molar-refractivity contribution in [1.82, 2.24) is 9.88 Å². The number of fused-ring (bicyclic) bond motifs is 1. The van der Waals surface area contributed by atoms with E-state index in [1.54, 1.807) is 16.2 Å². The monoisotopic (exact) mass is 298 g/mol. The summed E-state index contributed by atoms with van der Waals surface area (Å²) in [6, 6.07) is 0. The van der Waals surface area contributed by atoms with E-state index in [2.05, 4.69) is 4.98 Å². The molecular weight excluding hydrogens is 276 g/mol. The summed E-state index contributed by atoms with van der Waals surface area (Å²) < 4.78 is 10.9. The number of carbonyl (C=O) groups excluding carboxylic acids is 1. The van der Waals surface area contributed by atoms with Crippen molar-refractivity contribution in [3.05, 3.63) is 10.6 Å². The first kappa shape index (κ1) is 15.1. The van der Waals surface area contributed by atoms with Crippen LogP contribution in [0, 0.1) is 0 Å². The lowest BCUT2D eigenvalue weighted by molar-refractivity contribution is 0.0258. The van der Waals surface area contributed by atoms with Gasteiger partial charge in [0.1, 0.15) is 5.60 Å². The van der Waals surface area contributed by atoms with Gasteiger partial charge in [0, 0.05) is 30.8 Å². The molecule has 0 spiro atoms. The fourth-order valence-electron chi connectivity index (χ4n) is 2.03. The lowest BCUT2D eigenvalue weighted by Gasteiger charge is -2.26. The van der Waals surface area contributed by atoms with Crippen LogP contribution in [0.25, 0.3) is 0 Å². The number of carbonyl (C=O) groups is 1. The SMILES string of the molecule is CCOc1nc2c(s1)CCN(C(=O)OC(C)(C)C)CC2. The Balaban J connectivity index is 1.98. The Morgan fingerprint density at radius 2 is 2.05 bits per heavy atom. The molecule has 5 nitrogen and oxygen atoms in total. The summed E-state index contributed by atoms with van der Waals surface area (Å²) in [5.41, 5.74) is 0.610. The Hall–Kier alpha value is -1.30. The third kappa shape index (κ3) is 3.85. The van der Waals surface area contributed by atoms with Crippen LogP contribution < -0.4 is 4.74 Å². The second-order valence-corrected chi connectivity index (χ2v) is 6.80. The minimum Gasteiger partial charge on any atom is -0.470 e. The highest BCUT2D eigenvalue weighted by atomic mass is 32.1. The van der Waals surface area contributed by atoms with Gasteiger partial charge in [-0.1, -0.05) is 11.3 Å². The van der Waals surface area contributed by atoms with E-state index in [1.165, 1.54) is 4.88 Å². The number of nitrogens with zero attached hydrogens (tertiary/aromatic N) is 2. The number of ether oxygens (including phenoxy) is 2. The molecule has 0 aromatic carbocycles. The van der Waals surface area contributed by atoms with E-state index in [0.717, 1.165) is 23.7 Å². The molecule has 2 rings (SSSR count). The summed E-state index contributed by atoms with van der Waals surface area (Å²) in [7, 11) is 0. The smallest absolute Gasteiger partial charge is 0.410 e. The average Bonchev–Trinajstić information content (AvgIpc) is 2.59. The molecule has 1 aromatic heterocycles. The first-order chi connectivity index (χ1) is 9.39. The topological polar surface area (TPSA) is 51.7 Å². The number of aromatic nitrogens is 1. The van der Waals surface area contributed by atoms with E-state index in [1.807, 2.05) is 27.7 Å². The van der Waals surface area contributed by atoms with Gasteiger partial charge in [0.05, 0.1) is 12.3 Å². The van der Waals surface area contributed by atoms with Gasteiger partial charge < -0.3 is 14.4 Å². The molecule has 1 amide bonds. The Labute approximate surface area is 123 Å². The molecule has 1 aromatic rings. The Morgan fingerprint density at radius 3 is 2.70 bits per heavy atom. The third-order valence-electron chi connectivity index (χ3n) is 2.91. The van der Waals surface area contributed by atoms with Crippen LogP contribution in [0.2, 0.25) is 0 Å². The molecule has 20 heavy (non-hydrogen) atoms. The molecule has 0 fully saturated rings. The van der Waals surface area contributed by atoms with Gasteiger partial charge in [-0.05, 0) is 27.7 Å². The highest BCUT2D eigenvalue weighted by molar-refractivity contribution is 7.13. The molecule has 0 aliphatic carbocycles. The third-order valence-corrected chi connectivity index (χ3v) is 3.98. The maximum Gasteiger partial charge on any atom is 0.410 e. The molecule has 0 saturated carbocycles. The lowest BCUT2D eigenvalue weighted by atomic mass is 10.2. The van der Waals surface area contributed by atoms with Crippen molar-refractivity contribution in [2.24, 2.45) is 0 Å². The Kier molecular flexibility index (Phi) is 4.52. The number of thiazole rings is 1. The zero-order valence-corrected chi connectivity index (χ0v) is 13.4. The highest BCUT2D eigenvalue weighted by Gasteiger charge is 2.25. The molecule has 2 heterocycles. The molecule has 0 bridgehead atoms. The maximum atomic E-state index is 12.1. The molecule has 6 heteroatoms. The first-order valence-electron chi connectivity index (χ1n) is 6.98. The van der Waals surface area contributed by atoms with Gasteiger partial charge in [-0.2, -0.15) is 0 Å². The first-order valence-corrected chi connectivity index (χ1v) is 7.80. The van der Waals surface area contributed by atoms with Gasteiger partial charge in [0.2, 0.25) is 0 Å². The van der Waals surface area contributed by atoms with Crippen LogP contribution in [-0.2, 0) is 17.6 Å². The number of hydrogen-bond donors (Lipinski definition) is 0. The van der Waals surface area contributed by atoms with Gasteiger partial charge in [0.25, 0.3) is 5.19 Å². The molecule has 1 aliphatic heterocycles. The van der Waals surface area contributed by atoms with E-state index in [-0.39, 0.29) is 6.09 Å². The predicted octanol–water partition coefficient (Wildman–Crippen LogP) is 2.88. The van der Waals surface area contributed by atoms with E-state index in [9.17, 15) is 4.79 Å². The zero-order valence-electron chi connectivity index (χ0n) is 12.6. The second kappa shape index (κ2) is 5.99. The van der Waals surface area contributed by atoms with Gasteiger partial charge >= 0.3 is 6.09 Å². The minimum atomic E-state index is -0.450. The van der Waals surface area contributed by atoms with Crippen molar-refractivity contribution in [2.45, 2.75) is 46.1 Å². The molecule has 0 unspecified atom stereocenters.